The van der Waals surface area contributed by atoms with Crippen LogP contribution in [0.2, 0.25) is 0 Å². The molecule has 4 rings (SSSR count). The number of nitrogens with zero attached hydrogens (tertiary/aromatic N) is 2. The molecule has 0 aliphatic carbocycles. The fourth-order valence-corrected chi connectivity index (χ4v) is 4.52. The van der Waals surface area contributed by atoms with Crippen LogP contribution in [0.1, 0.15) is 30.5 Å². The van der Waals surface area contributed by atoms with Gasteiger partial charge >= 0.3 is 5.97 Å². The van der Waals surface area contributed by atoms with E-state index in [1.54, 1.807) is 17.2 Å². The van der Waals surface area contributed by atoms with Crippen LogP contribution in [0.3, 0.4) is 0 Å². The van der Waals surface area contributed by atoms with Crippen molar-refractivity contribution in [3.05, 3.63) is 65.9 Å². The molecule has 1 aliphatic rings. The van der Waals surface area contributed by atoms with Crippen molar-refractivity contribution >= 4 is 22.8 Å². The first kappa shape index (κ1) is 22.9. The Bertz CT molecular complexity index is 1120. The predicted molar refractivity (Wildman–Crippen MR) is 125 cm³/mol. The van der Waals surface area contributed by atoms with Gasteiger partial charge in [0.05, 0.1) is 18.7 Å². The number of fused-ring (bicyclic) bond motifs is 1. The summed E-state index contributed by atoms with van der Waals surface area (Å²) in [5.41, 5.74) is 2.63. The molecule has 1 unspecified atom stereocenters. The molecule has 2 heterocycles. The molecule has 0 bridgehead atoms. The van der Waals surface area contributed by atoms with E-state index in [4.69, 9.17) is 14.3 Å². The van der Waals surface area contributed by atoms with Crippen molar-refractivity contribution in [2.24, 2.45) is 5.92 Å². The molecule has 7 nitrogen and oxygen atoms in total. The van der Waals surface area contributed by atoms with Crippen molar-refractivity contribution < 1.29 is 23.8 Å². The average molecular weight is 451 g/mol. The number of carboxylic acids is 1. The fraction of sp³-hybridized carbons (Fsp3) is 0.385. The van der Waals surface area contributed by atoms with Crippen LogP contribution in [-0.2, 0) is 16.0 Å². The Morgan fingerprint density at radius 3 is 2.82 bits per heavy atom. The molecule has 0 saturated carbocycles. The minimum Gasteiger partial charge on any atom is -0.482 e. The molecule has 174 valence electrons. The largest absolute Gasteiger partial charge is 0.482 e. The van der Waals surface area contributed by atoms with Gasteiger partial charge in [0.2, 0.25) is 5.91 Å². The summed E-state index contributed by atoms with van der Waals surface area (Å²) in [6.07, 6.45) is 3.06. The molecule has 1 amide bonds. The Kier molecular flexibility index (Phi) is 6.99. The number of ether oxygens (including phenoxy) is 1. The lowest BCUT2D eigenvalue weighted by molar-refractivity contribution is -0.139. The van der Waals surface area contributed by atoms with Crippen molar-refractivity contribution in [3.63, 3.8) is 0 Å². The van der Waals surface area contributed by atoms with Crippen molar-refractivity contribution in [2.75, 3.05) is 33.3 Å². The normalized spacial score (nSPS) is 17.2. The summed E-state index contributed by atoms with van der Waals surface area (Å²) < 4.78 is 10.9. The lowest BCUT2D eigenvalue weighted by atomic mass is 10.0. The van der Waals surface area contributed by atoms with Gasteiger partial charge in [0, 0.05) is 25.5 Å². The van der Waals surface area contributed by atoms with E-state index in [-0.39, 0.29) is 18.4 Å². The van der Waals surface area contributed by atoms with Crippen LogP contribution in [0.5, 0.6) is 5.75 Å². The molecule has 33 heavy (non-hydrogen) atoms. The maximum atomic E-state index is 13.4. The third-order valence-corrected chi connectivity index (χ3v) is 6.33. The van der Waals surface area contributed by atoms with E-state index >= 15 is 0 Å². The minimum absolute atomic E-state index is 0.0119. The predicted octanol–water partition coefficient (Wildman–Crippen LogP) is 3.98. The van der Waals surface area contributed by atoms with Crippen LogP contribution in [-0.4, -0.2) is 60.1 Å². The topological polar surface area (TPSA) is 83.2 Å². The van der Waals surface area contributed by atoms with Gasteiger partial charge in [-0.15, -0.1) is 0 Å². The number of amides is 1. The van der Waals surface area contributed by atoms with E-state index in [1.807, 2.05) is 49.5 Å². The summed E-state index contributed by atoms with van der Waals surface area (Å²) in [7, 11) is 1.84. The molecule has 7 heteroatoms. The highest BCUT2D eigenvalue weighted by Gasteiger charge is 2.28. The molecule has 0 spiro atoms. The molecule has 2 atom stereocenters. The van der Waals surface area contributed by atoms with Crippen LogP contribution < -0.4 is 4.74 Å². The number of likely N-dealkylation sites (N-methyl/N-ethyl adjacent to an activating group) is 1. The van der Waals surface area contributed by atoms with Crippen LogP contribution >= 0.6 is 0 Å². The molecule has 0 radical (unpaired) electrons. The number of rotatable bonds is 9. The number of hydrogen-bond donors (Lipinski definition) is 1. The van der Waals surface area contributed by atoms with Gasteiger partial charge in [-0.2, -0.15) is 0 Å². The molecular weight excluding hydrogens is 420 g/mol. The molecule has 1 aliphatic heterocycles. The van der Waals surface area contributed by atoms with Crippen molar-refractivity contribution in [1.82, 2.24) is 9.80 Å². The summed E-state index contributed by atoms with van der Waals surface area (Å²) in [5, 5.41) is 9.89. The fourth-order valence-electron chi connectivity index (χ4n) is 4.52. The number of furan rings is 1. The summed E-state index contributed by atoms with van der Waals surface area (Å²) in [5.74, 6) is 0.107. The van der Waals surface area contributed by atoms with E-state index < -0.39 is 12.6 Å². The highest BCUT2D eigenvalue weighted by Crippen LogP contribution is 2.28. The van der Waals surface area contributed by atoms with Gasteiger partial charge in [-0.05, 0) is 54.3 Å². The summed E-state index contributed by atoms with van der Waals surface area (Å²) >= 11 is 0. The first-order valence-electron chi connectivity index (χ1n) is 11.3. The molecule has 2 aromatic carbocycles. The second kappa shape index (κ2) is 10.1. The second-order valence-corrected chi connectivity index (χ2v) is 8.86. The van der Waals surface area contributed by atoms with Gasteiger partial charge < -0.3 is 24.1 Å². The smallest absolute Gasteiger partial charge is 0.341 e. The number of carbonyl (C=O) groups excluding carboxylic acids is 1. The third-order valence-electron chi connectivity index (χ3n) is 6.33. The second-order valence-electron chi connectivity index (χ2n) is 8.86. The zero-order chi connectivity index (χ0) is 23.4. The Balaban J connectivity index is 1.57. The first-order chi connectivity index (χ1) is 15.9. The summed E-state index contributed by atoms with van der Waals surface area (Å²) in [6.45, 7) is 4.56. The van der Waals surface area contributed by atoms with E-state index in [0.717, 1.165) is 41.6 Å². The summed E-state index contributed by atoms with van der Waals surface area (Å²) in [6, 6.07) is 14.9. The Hall–Kier alpha value is -3.32. The number of benzene rings is 2. The lowest BCUT2D eigenvalue weighted by Gasteiger charge is -2.32. The molecule has 1 N–H and O–H groups in total. The van der Waals surface area contributed by atoms with Gasteiger partial charge in [0.1, 0.15) is 11.3 Å². The number of likely N-dealkylation sites (tertiary alicyclic amines) is 1. The van der Waals surface area contributed by atoms with Gasteiger partial charge in [-0.3, -0.25) is 4.79 Å². The van der Waals surface area contributed by atoms with E-state index in [2.05, 4.69) is 11.8 Å². The van der Waals surface area contributed by atoms with Gasteiger partial charge in [-0.25, -0.2) is 4.79 Å². The van der Waals surface area contributed by atoms with Crippen LogP contribution in [0.25, 0.3) is 11.0 Å². The highest BCUT2D eigenvalue weighted by atomic mass is 16.5. The quantitative estimate of drug-likeness (QED) is 0.531. The third kappa shape index (κ3) is 5.54. The Morgan fingerprint density at radius 2 is 2.06 bits per heavy atom. The Morgan fingerprint density at radius 1 is 1.24 bits per heavy atom. The number of carbonyl (C=O) groups is 2. The molecule has 3 aromatic rings. The van der Waals surface area contributed by atoms with Gasteiger partial charge in [0.25, 0.3) is 0 Å². The van der Waals surface area contributed by atoms with Crippen molar-refractivity contribution in [3.8, 4) is 5.75 Å². The molecule has 1 saturated heterocycles. The average Bonchev–Trinajstić information content (AvgIpc) is 3.45. The van der Waals surface area contributed by atoms with Crippen LogP contribution in [0, 0.1) is 5.92 Å². The number of carboxylic acid groups (broad SMARTS) is 1. The number of hydrogen-bond acceptors (Lipinski definition) is 5. The van der Waals surface area contributed by atoms with Crippen molar-refractivity contribution in [1.29, 1.82) is 0 Å². The Labute approximate surface area is 193 Å². The molecule has 1 fully saturated rings. The van der Waals surface area contributed by atoms with E-state index in [1.165, 1.54) is 0 Å². The molecular formula is C26H30N2O5. The standard InChI is InChI=1S/C26H30N2O5/c1-18-9-11-28(15-18)16-23(20-6-3-7-21(13-20)33-17-26(30)31)27(2)25(29)14-19-5-4-8-24-22(19)10-12-32-24/h3-8,10,12-13,18,23H,9,11,14-17H2,1-2H3,(H,30,31)/t18?,23-/m1/s1. The van der Waals surface area contributed by atoms with Crippen LogP contribution in [0.15, 0.2) is 59.2 Å². The number of aliphatic carboxylic acids is 1. The zero-order valence-corrected chi connectivity index (χ0v) is 19.1. The minimum atomic E-state index is -1.02. The lowest BCUT2D eigenvalue weighted by Crippen LogP contribution is -2.39. The van der Waals surface area contributed by atoms with Crippen LogP contribution in [0.4, 0.5) is 0 Å². The zero-order valence-electron chi connectivity index (χ0n) is 19.1. The molecule has 1 aromatic heterocycles. The monoisotopic (exact) mass is 450 g/mol. The van der Waals surface area contributed by atoms with E-state index in [9.17, 15) is 9.59 Å². The summed E-state index contributed by atoms with van der Waals surface area (Å²) in [4.78, 5) is 28.5. The highest BCUT2D eigenvalue weighted by molar-refractivity contribution is 5.87. The van der Waals surface area contributed by atoms with Crippen molar-refractivity contribution in [2.45, 2.75) is 25.8 Å². The van der Waals surface area contributed by atoms with E-state index in [0.29, 0.717) is 18.2 Å². The first-order valence-corrected chi connectivity index (χ1v) is 11.3. The van der Waals surface area contributed by atoms with Gasteiger partial charge in [-0.1, -0.05) is 31.2 Å². The maximum absolute atomic E-state index is 13.4. The maximum Gasteiger partial charge on any atom is 0.341 e. The van der Waals surface area contributed by atoms with Gasteiger partial charge in [0.15, 0.2) is 6.61 Å². The SMILES string of the molecule is CC1CCN(C[C@H](c2cccc(OCC(=O)O)c2)N(C)C(=O)Cc2cccc3occc23)C1.